The Morgan fingerprint density at radius 3 is 2.61 bits per heavy atom. The fourth-order valence-corrected chi connectivity index (χ4v) is 2.08. The molecule has 1 heterocycles. The van der Waals surface area contributed by atoms with Gasteiger partial charge in [0.25, 0.3) is 0 Å². The molecule has 1 aliphatic carbocycles. The van der Waals surface area contributed by atoms with Crippen molar-refractivity contribution in [1.29, 1.82) is 0 Å². The number of hydrogen-bond donors (Lipinski definition) is 1. The molecule has 1 fully saturated rings. The van der Waals surface area contributed by atoms with Gasteiger partial charge in [0.05, 0.1) is 5.54 Å². The molecule has 2 rings (SSSR count). The predicted molar refractivity (Wildman–Crippen MR) is 62.3 cm³/mol. The average Bonchev–Trinajstić information content (AvgIpc) is 2.79. The highest BCUT2D eigenvalue weighted by Crippen LogP contribution is 2.40. The summed E-state index contributed by atoms with van der Waals surface area (Å²) in [5.41, 5.74) is 5.39. The van der Waals surface area contributed by atoms with E-state index >= 15 is 0 Å². The Bertz CT molecular complexity index is 407. The van der Waals surface area contributed by atoms with E-state index in [1.165, 1.54) is 0 Å². The Morgan fingerprint density at radius 2 is 2.06 bits per heavy atom. The van der Waals surface area contributed by atoms with E-state index in [4.69, 9.17) is 10.3 Å². The largest absolute Gasteiger partial charge is 0.339 e. The lowest BCUT2D eigenvalue weighted by Crippen LogP contribution is -2.33. The molecule has 1 aromatic rings. The van der Waals surface area contributed by atoms with Gasteiger partial charge in [-0.05, 0) is 26.2 Å². The van der Waals surface area contributed by atoms with Crippen LogP contribution in [0.2, 0.25) is 0 Å². The van der Waals surface area contributed by atoms with Crippen LogP contribution in [0.1, 0.15) is 63.6 Å². The summed E-state index contributed by atoms with van der Waals surface area (Å²) in [6, 6.07) is 0. The van der Waals surface area contributed by atoms with E-state index in [1.807, 2.05) is 13.8 Å². The Balaban J connectivity index is 2.08. The van der Waals surface area contributed by atoms with Crippen molar-refractivity contribution in [1.82, 2.24) is 10.1 Å². The Morgan fingerprint density at radius 1 is 1.44 bits per heavy atom. The highest BCUT2D eigenvalue weighted by atomic mass is 19.3. The smallest absolute Gasteiger partial charge is 0.248 e. The van der Waals surface area contributed by atoms with Gasteiger partial charge in [0.1, 0.15) is 0 Å². The number of halogens is 2. The molecule has 6 heteroatoms. The molecule has 2 N–H and O–H groups in total. The molecule has 1 unspecified atom stereocenters. The molecule has 18 heavy (non-hydrogen) atoms. The molecule has 0 spiro atoms. The molecule has 0 aliphatic heterocycles. The number of nitrogens with two attached hydrogens (primary N) is 1. The first kappa shape index (κ1) is 13.4. The minimum atomic E-state index is -2.54. The number of aromatic nitrogens is 2. The lowest BCUT2D eigenvalue weighted by molar-refractivity contribution is -0.0402. The van der Waals surface area contributed by atoms with Crippen LogP contribution < -0.4 is 5.73 Å². The standard InChI is InChI=1S/C12H19F2N3O/c1-3-11(2,15)10-16-9(18-17-10)8-4-6-12(13,14)7-5-8/h8H,3-7,15H2,1-2H3. The summed E-state index contributed by atoms with van der Waals surface area (Å²) in [5, 5.41) is 3.87. The first-order valence-electron chi connectivity index (χ1n) is 6.35. The molecule has 4 nitrogen and oxygen atoms in total. The topological polar surface area (TPSA) is 64.9 Å². The monoisotopic (exact) mass is 259 g/mol. The second kappa shape index (κ2) is 4.57. The normalized spacial score (nSPS) is 23.8. The summed E-state index contributed by atoms with van der Waals surface area (Å²) in [4.78, 5) is 4.28. The van der Waals surface area contributed by atoms with Crippen LogP contribution in [0.5, 0.6) is 0 Å². The highest BCUT2D eigenvalue weighted by Gasteiger charge is 2.38. The molecule has 1 aromatic heterocycles. The molecular weight excluding hydrogens is 240 g/mol. The predicted octanol–water partition coefficient (Wildman–Crippen LogP) is 2.95. The Labute approximate surface area is 105 Å². The van der Waals surface area contributed by atoms with Crippen molar-refractivity contribution in [3.8, 4) is 0 Å². The molecule has 0 radical (unpaired) electrons. The number of alkyl halides is 2. The van der Waals surface area contributed by atoms with Gasteiger partial charge < -0.3 is 10.3 Å². The van der Waals surface area contributed by atoms with E-state index < -0.39 is 11.5 Å². The van der Waals surface area contributed by atoms with E-state index in [0.717, 1.165) is 0 Å². The molecule has 1 atom stereocenters. The maximum Gasteiger partial charge on any atom is 0.248 e. The second-order valence-electron chi connectivity index (χ2n) is 5.36. The maximum atomic E-state index is 13.1. The van der Waals surface area contributed by atoms with Crippen LogP contribution in [0.3, 0.4) is 0 Å². The van der Waals surface area contributed by atoms with Gasteiger partial charge in [-0.3, -0.25) is 0 Å². The van der Waals surface area contributed by atoms with Crippen molar-refractivity contribution in [2.24, 2.45) is 5.73 Å². The number of hydrogen-bond acceptors (Lipinski definition) is 4. The summed E-state index contributed by atoms with van der Waals surface area (Å²) < 4.78 is 31.3. The minimum Gasteiger partial charge on any atom is -0.339 e. The van der Waals surface area contributed by atoms with E-state index in [0.29, 0.717) is 31.0 Å². The van der Waals surface area contributed by atoms with Crippen molar-refractivity contribution in [3.63, 3.8) is 0 Å². The number of nitrogens with zero attached hydrogens (tertiary/aromatic N) is 2. The van der Waals surface area contributed by atoms with Crippen molar-refractivity contribution >= 4 is 0 Å². The Kier molecular flexibility index (Phi) is 3.40. The van der Waals surface area contributed by atoms with Crippen LogP contribution in [0, 0.1) is 0 Å². The van der Waals surface area contributed by atoms with Gasteiger partial charge in [0, 0.05) is 18.8 Å². The molecule has 0 amide bonds. The summed E-state index contributed by atoms with van der Waals surface area (Å²) in [6.07, 6.45) is 1.25. The first-order valence-corrected chi connectivity index (χ1v) is 6.35. The summed E-state index contributed by atoms with van der Waals surface area (Å²) in [5.74, 6) is -1.69. The zero-order valence-electron chi connectivity index (χ0n) is 10.7. The quantitative estimate of drug-likeness (QED) is 0.906. The minimum absolute atomic E-state index is 0.0569. The van der Waals surface area contributed by atoms with Crippen LogP contribution in [-0.2, 0) is 5.54 Å². The van der Waals surface area contributed by atoms with Gasteiger partial charge in [-0.1, -0.05) is 12.1 Å². The molecule has 0 bridgehead atoms. The molecule has 1 saturated carbocycles. The van der Waals surface area contributed by atoms with Crippen molar-refractivity contribution < 1.29 is 13.3 Å². The van der Waals surface area contributed by atoms with Gasteiger partial charge in [-0.2, -0.15) is 4.98 Å². The Hall–Kier alpha value is -1.04. The van der Waals surface area contributed by atoms with Gasteiger partial charge in [-0.15, -0.1) is 0 Å². The van der Waals surface area contributed by atoms with Gasteiger partial charge in [-0.25, -0.2) is 8.78 Å². The first-order chi connectivity index (χ1) is 8.34. The van der Waals surface area contributed by atoms with Gasteiger partial charge in [0.15, 0.2) is 5.82 Å². The van der Waals surface area contributed by atoms with Gasteiger partial charge in [0.2, 0.25) is 11.8 Å². The maximum absolute atomic E-state index is 13.1. The summed E-state index contributed by atoms with van der Waals surface area (Å²) in [6.45, 7) is 3.77. The third-order valence-electron chi connectivity index (χ3n) is 3.75. The molecule has 0 aromatic carbocycles. The molecular formula is C12H19F2N3O. The van der Waals surface area contributed by atoms with E-state index in [9.17, 15) is 8.78 Å². The summed E-state index contributed by atoms with van der Waals surface area (Å²) >= 11 is 0. The lowest BCUT2D eigenvalue weighted by atomic mass is 9.87. The molecule has 102 valence electrons. The van der Waals surface area contributed by atoms with Crippen LogP contribution in [0.4, 0.5) is 8.78 Å². The fourth-order valence-electron chi connectivity index (χ4n) is 2.08. The van der Waals surface area contributed by atoms with Crippen LogP contribution in [-0.4, -0.2) is 16.1 Å². The molecule has 0 saturated heterocycles. The van der Waals surface area contributed by atoms with Gasteiger partial charge >= 0.3 is 0 Å². The zero-order chi connectivity index (χ0) is 13.4. The second-order valence-corrected chi connectivity index (χ2v) is 5.36. The lowest BCUT2D eigenvalue weighted by Gasteiger charge is -2.25. The van der Waals surface area contributed by atoms with Crippen molar-refractivity contribution in [2.75, 3.05) is 0 Å². The third-order valence-corrected chi connectivity index (χ3v) is 3.75. The van der Waals surface area contributed by atoms with Crippen molar-refractivity contribution in [2.45, 2.75) is 63.3 Å². The SMILES string of the molecule is CCC(C)(N)c1noc(C2CCC(F)(F)CC2)n1. The van der Waals surface area contributed by atoms with Crippen LogP contribution >= 0.6 is 0 Å². The van der Waals surface area contributed by atoms with E-state index in [-0.39, 0.29) is 18.8 Å². The average molecular weight is 259 g/mol. The van der Waals surface area contributed by atoms with Crippen LogP contribution in [0.15, 0.2) is 4.52 Å². The molecule has 1 aliphatic rings. The third kappa shape index (κ3) is 2.68. The zero-order valence-corrected chi connectivity index (χ0v) is 10.7. The number of rotatable bonds is 3. The van der Waals surface area contributed by atoms with Crippen LogP contribution in [0.25, 0.3) is 0 Å². The summed E-state index contributed by atoms with van der Waals surface area (Å²) in [7, 11) is 0. The fraction of sp³-hybridized carbons (Fsp3) is 0.833. The van der Waals surface area contributed by atoms with E-state index in [2.05, 4.69) is 10.1 Å². The van der Waals surface area contributed by atoms with E-state index in [1.54, 1.807) is 0 Å². The highest BCUT2D eigenvalue weighted by molar-refractivity contribution is 5.04. The van der Waals surface area contributed by atoms with Crippen molar-refractivity contribution in [3.05, 3.63) is 11.7 Å².